The molecular formula is C16H24ClN3O. The number of rotatable bonds is 3. The average Bonchev–Trinajstić information content (AvgIpc) is 3.09. The van der Waals surface area contributed by atoms with Crippen LogP contribution in [0.1, 0.15) is 50.1 Å². The summed E-state index contributed by atoms with van der Waals surface area (Å²) in [7, 11) is 0. The van der Waals surface area contributed by atoms with E-state index in [1.54, 1.807) is 0 Å². The van der Waals surface area contributed by atoms with Crippen molar-refractivity contribution in [3.05, 3.63) is 30.1 Å². The van der Waals surface area contributed by atoms with Crippen LogP contribution < -0.4 is 5.73 Å². The summed E-state index contributed by atoms with van der Waals surface area (Å²) in [6.45, 7) is 0.883. The smallest absolute Gasteiger partial charge is 0.223 e. The summed E-state index contributed by atoms with van der Waals surface area (Å²) >= 11 is 0. The van der Waals surface area contributed by atoms with Gasteiger partial charge in [0.1, 0.15) is 0 Å². The fourth-order valence-corrected chi connectivity index (χ4v) is 3.66. The lowest BCUT2D eigenvalue weighted by Crippen LogP contribution is -2.35. The second-order valence-corrected chi connectivity index (χ2v) is 6.08. The van der Waals surface area contributed by atoms with Crippen molar-refractivity contribution in [2.45, 2.75) is 50.6 Å². The molecule has 2 aliphatic rings. The number of amides is 1. The van der Waals surface area contributed by atoms with Gasteiger partial charge in [-0.05, 0) is 49.3 Å². The molecule has 0 aromatic carbocycles. The number of pyridine rings is 1. The standard InChI is InChI=1S/C16H23N3O.ClH/c17-14-4-1-3-13(14)11-16(20)19-10-2-5-15(19)12-6-8-18-9-7-12;/h6-9,13-15H,1-5,10-11,17H2;1H/t13-,14+,15?;/m0./s1. The number of nitrogens with zero attached hydrogens (tertiary/aromatic N) is 2. The largest absolute Gasteiger partial charge is 0.336 e. The van der Waals surface area contributed by atoms with Crippen LogP contribution >= 0.6 is 12.4 Å². The van der Waals surface area contributed by atoms with E-state index in [1.165, 1.54) is 12.0 Å². The highest BCUT2D eigenvalue weighted by atomic mass is 35.5. The Labute approximate surface area is 132 Å². The lowest BCUT2D eigenvalue weighted by atomic mass is 9.98. The van der Waals surface area contributed by atoms with Crippen molar-refractivity contribution in [1.82, 2.24) is 9.88 Å². The van der Waals surface area contributed by atoms with Crippen LogP contribution in [0.5, 0.6) is 0 Å². The first-order valence-corrected chi connectivity index (χ1v) is 7.70. The molecule has 3 atom stereocenters. The van der Waals surface area contributed by atoms with Gasteiger partial charge in [0.25, 0.3) is 0 Å². The van der Waals surface area contributed by atoms with Crippen molar-refractivity contribution in [2.75, 3.05) is 6.54 Å². The van der Waals surface area contributed by atoms with Crippen molar-refractivity contribution >= 4 is 18.3 Å². The summed E-state index contributed by atoms with van der Waals surface area (Å²) in [5.41, 5.74) is 7.30. The lowest BCUT2D eigenvalue weighted by Gasteiger charge is -2.27. The fraction of sp³-hybridized carbons (Fsp3) is 0.625. The Hall–Kier alpha value is -1.13. The third kappa shape index (κ3) is 3.55. The summed E-state index contributed by atoms with van der Waals surface area (Å²) < 4.78 is 0. The van der Waals surface area contributed by atoms with Crippen LogP contribution in [-0.2, 0) is 4.79 Å². The van der Waals surface area contributed by atoms with Gasteiger partial charge in [0.15, 0.2) is 0 Å². The van der Waals surface area contributed by atoms with Crippen molar-refractivity contribution in [3.63, 3.8) is 0 Å². The highest BCUT2D eigenvalue weighted by Crippen LogP contribution is 2.34. The normalized spacial score (nSPS) is 28.4. The molecule has 1 aromatic rings. The number of carbonyl (C=O) groups is 1. The van der Waals surface area contributed by atoms with Crippen LogP contribution in [0.4, 0.5) is 0 Å². The average molecular weight is 310 g/mol. The maximum atomic E-state index is 12.6. The predicted molar refractivity (Wildman–Crippen MR) is 85.1 cm³/mol. The van der Waals surface area contributed by atoms with Crippen molar-refractivity contribution in [2.24, 2.45) is 11.7 Å². The molecule has 2 N–H and O–H groups in total. The molecule has 1 unspecified atom stereocenters. The van der Waals surface area contributed by atoms with E-state index in [-0.39, 0.29) is 30.4 Å². The van der Waals surface area contributed by atoms with E-state index < -0.39 is 0 Å². The Morgan fingerprint density at radius 2 is 2.00 bits per heavy atom. The maximum absolute atomic E-state index is 12.6. The molecule has 1 aromatic heterocycles. The zero-order chi connectivity index (χ0) is 13.9. The van der Waals surface area contributed by atoms with Crippen molar-refractivity contribution < 1.29 is 4.79 Å². The van der Waals surface area contributed by atoms with E-state index >= 15 is 0 Å². The number of nitrogens with two attached hydrogens (primary N) is 1. The number of aromatic nitrogens is 1. The highest BCUT2D eigenvalue weighted by Gasteiger charge is 2.33. The van der Waals surface area contributed by atoms with Gasteiger partial charge in [0.05, 0.1) is 6.04 Å². The minimum atomic E-state index is 0. The van der Waals surface area contributed by atoms with Crippen molar-refractivity contribution in [3.8, 4) is 0 Å². The summed E-state index contributed by atoms with van der Waals surface area (Å²) in [5, 5.41) is 0. The van der Waals surface area contributed by atoms with Crippen LogP contribution in [0.3, 0.4) is 0 Å². The number of halogens is 1. The molecule has 1 aliphatic heterocycles. The summed E-state index contributed by atoms with van der Waals surface area (Å²) in [5.74, 6) is 0.674. The summed E-state index contributed by atoms with van der Waals surface area (Å²) in [4.78, 5) is 18.7. The predicted octanol–water partition coefficient (Wildman–Crippen LogP) is 2.68. The first-order chi connectivity index (χ1) is 9.75. The van der Waals surface area contributed by atoms with Crippen LogP contribution in [0.25, 0.3) is 0 Å². The van der Waals surface area contributed by atoms with Crippen LogP contribution in [0, 0.1) is 5.92 Å². The molecule has 2 heterocycles. The second kappa shape index (κ2) is 7.23. The number of carbonyl (C=O) groups excluding carboxylic acids is 1. The lowest BCUT2D eigenvalue weighted by molar-refractivity contribution is -0.133. The van der Waals surface area contributed by atoms with E-state index in [1.807, 2.05) is 24.5 Å². The van der Waals surface area contributed by atoms with Crippen LogP contribution in [-0.4, -0.2) is 28.4 Å². The zero-order valence-corrected chi connectivity index (χ0v) is 13.1. The number of likely N-dealkylation sites (tertiary alicyclic amines) is 1. The van der Waals surface area contributed by atoms with Gasteiger partial charge in [-0.2, -0.15) is 0 Å². The third-order valence-corrected chi connectivity index (χ3v) is 4.82. The van der Waals surface area contributed by atoms with Crippen LogP contribution in [0.15, 0.2) is 24.5 Å². The molecule has 1 amide bonds. The fourth-order valence-electron chi connectivity index (χ4n) is 3.66. The second-order valence-electron chi connectivity index (χ2n) is 6.08. The summed E-state index contributed by atoms with van der Waals surface area (Å²) in [6, 6.07) is 4.51. The first kappa shape index (κ1) is 16.2. The Balaban J connectivity index is 0.00000161. The topological polar surface area (TPSA) is 59.2 Å². The molecule has 0 bridgehead atoms. The van der Waals surface area contributed by atoms with Gasteiger partial charge < -0.3 is 10.6 Å². The van der Waals surface area contributed by atoms with Gasteiger partial charge in [0, 0.05) is 31.4 Å². The Morgan fingerprint density at radius 3 is 2.67 bits per heavy atom. The Bertz CT molecular complexity index is 468. The Kier molecular flexibility index (Phi) is 5.59. The Morgan fingerprint density at radius 1 is 1.24 bits per heavy atom. The SMILES string of the molecule is Cl.N[C@@H]1CCC[C@H]1CC(=O)N1CCCC1c1ccncc1. The molecule has 2 fully saturated rings. The first-order valence-electron chi connectivity index (χ1n) is 7.70. The van der Waals surface area contributed by atoms with E-state index in [0.29, 0.717) is 12.3 Å². The number of hydrogen-bond donors (Lipinski definition) is 1. The molecular weight excluding hydrogens is 286 g/mol. The van der Waals surface area contributed by atoms with E-state index in [0.717, 1.165) is 32.2 Å². The highest BCUT2D eigenvalue weighted by molar-refractivity contribution is 5.85. The summed E-state index contributed by atoms with van der Waals surface area (Å²) in [6.07, 6.45) is 9.76. The molecule has 21 heavy (non-hydrogen) atoms. The van der Waals surface area contributed by atoms with Gasteiger partial charge in [-0.1, -0.05) is 6.42 Å². The molecule has 1 aliphatic carbocycles. The molecule has 1 saturated heterocycles. The van der Waals surface area contributed by atoms with Crippen LogP contribution in [0.2, 0.25) is 0 Å². The van der Waals surface area contributed by atoms with Crippen molar-refractivity contribution in [1.29, 1.82) is 0 Å². The minimum Gasteiger partial charge on any atom is -0.336 e. The molecule has 5 heteroatoms. The number of hydrogen-bond acceptors (Lipinski definition) is 3. The molecule has 116 valence electrons. The van der Waals surface area contributed by atoms with Gasteiger partial charge in [-0.3, -0.25) is 9.78 Å². The van der Waals surface area contributed by atoms with Gasteiger partial charge >= 0.3 is 0 Å². The molecule has 3 rings (SSSR count). The monoisotopic (exact) mass is 309 g/mol. The van der Waals surface area contributed by atoms with E-state index in [9.17, 15) is 4.79 Å². The van der Waals surface area contributed by atoms with Gasteiger partial charge in [-0.25, -0.2) is 0 Å². The molecule has 4 nitrogen and oxygen atoms in total. The molecule has 0 radical (unpaired) electrons. The van der Waals surface area contributed by atoms with Gasteiger partial charge in [-0.15, -0.1) is 12.4 Å². The molecule has 1 saturated carbocycles. The van der Waals surface area contributed by atoms with Gasteiger partial charge in [0.2, 0.25) is 5.91 Å². The minimum absolute atomic E-state index is 0. The van der Waals surface area contributed by atoms with E-state index in [4.69, 9.17) is 5.73 Å². The third-order valence-electron chi connectivity index (χ3n) is 4.82. The molecule has 0 spiro atoms. The zero-order valence-electron chi connectivity index (χ0n) is 12.3. The van der Waals surface area contributed by atoms with E-state index in [2.05, 4.69) is 9.88 Å². The quantitative estimate of drug-likeness (QED) is 0.934. The maximum Gasteiger partial charge on any atom is 0.223 e.